The third kappa shape index (κ3) is 2.46. The molecule has 0 heterocycles. The molecule has 0 spiro atoms. The zero-order chi connectivity index (χ0) is 5.98. The maximum atomic E-state index is 5.49. The number of anilines is 1. The molecule has 0 saturated carbocycles. The van der Waals surface area contributed by atoms with E-state index in [9.17, 15) is 0 Å². The Morgan fingerprint density at radius 2 is 2.22 bits per heavy atom. The summed E-state index contributed by atoms with van der Waals surface area (Å²) >= 11 is 0. The van der Waals surface area contributed by atoms with Gasteiger partial charge in [-0.1, -0.05) is 12.6 Å². The van der Waals surface area contributed by atoms with Gasteiger partial charge < -0.3 is 5.73 Å². The molecule has 0 saturated heterocycles. The molecule has 1 rings (SSSR count). The fraction of sp³-hybridized carbons (Fsp3) is 0.143. The first-order valence-electron chi connectivity index (χ1n) is 2.53. The summed E-state index contributed by atoms with van der Waals surface area (Å²) in [4.78, 5) is 0. The number of aryl methyl sites for hydroxylation is 1. The summed E-state index contributed by atoms with van der Waals surface area (Å²) in [5, 5.41) is 0. The van der Waals surface area contributed by atoms with Crippen molar-refractivity contribution in [2.45, 2.75) is 6.92 Å². The standard InChI is InChI=1S/C7H8N.Y/c1-6-4-2-3-5-7(6)8;/h2,4-5H,8H2,1H3;/q-1;. The third-order valence-electron chi connectivity index (χ3n) is 1.12. The first-order chi connectivity index (χ1) is 3.80. The molecule has 2 heteroatoms. The van der Waals surface area contributed by atoms with Crippen molar-refractivity contribution in [1.29, 1.82) is 0 Å². The Labute approximate surface area is 80.5 Å². The fourth-order valence-electron chi connectivity index (χ4n) is 0.521. The van der Waals surface area contributed by atoms with Crippen LogP contribution < -0.4 is 5.73 Å². The molecule has 0 aliphatic rings. The Balaban J connectivity index is 0.000000640. The molecule has 0 unspecified atom stereocenters. The van der Waals surface area contributed by atoms with Crippen LogP contribution in [0.5, 0.6) is 0 Å². The smallest absolute Gasteiger partial charge is 0 e. The van der Waals surface area contributed by atoms with E-state index in [0.717, 1.165) is 11.3 Å². The van der Waals surface area contributed by atoms with Crippen LogP contribution in [0.1, 0.15) is 5.56 Å². The van der Waals surface area contributed by atoms with Gasteiger partial charge in [-0.05, 0) is 0 Å². The van der Waals surface area contributed by atoms with Gasteiger partial charge in [-0.3, -0.25) is 0 Å². The van der Waals surface area contributed by atoms with Gasteiger partial charge in [0, 0.05) is 32.7 Å². The molecule has 0 aliphatic heterocycles. The summed E-state index contributed by atoms with van der Waals surface area (Å²) in [6.07, 6.45) is 0. The predicted molar refractivity (Wildman–Crippen MR) is 34.4 cm³/mol. The number of benzene rings is 1. The van der Waals surface area contributed by atoms with Crippen LogP contribution in [0.3, 0.4) is 0 Å². The van der Waals surface area contributed by atoms with E-state index in [0.29, 0.717) is 0 Å². The van der Waals surface area contributed by atoms with Gasteiger partial charge in [0.15, 0.2) is 0 Å². The molecule has 9 heavy (non-hydrogen) atoms. The van der Waals surface area contributed by atoms with Crippen LogP contribution in [0.4, 0.5) is 5.69 Å². The van der Waals surface area contributed by atoms with Gasteiger partial charge in [0.05, 0.1) is 0 Å². The average Bonchev–Trinajstić information content (AvgIpc) is 1.77. The van der Waals surface area contributed by atoms with Gasteiger partial charge in [0.1, 0.15) is 0 Å². The Morgan fingerprint density at radius 3 is 2.56 bits per heavy atom. The van der Waals surface area contributed by atoms with E-state index in [1.807, 2.05) is 19.1 Å². The van der Waals surface area contributed by atoms with Crippen LogP contribution in [-0.2, 0) is 32.7 Å². The molecule has 45 valence electrons. The van der Waals surface area contributed by atoms with Crippen molar-refractivity contribution < 1.29 is 32.7 Å². The second kappa shape index (κ2) is 4.02. The monoisotopic (exact) mass is 195 g/mol. The summed E-state index contributed by atoms with van der Waals surface area (Å²) in [7, 11) is 0. The van der Waals surface area contributed by atoms with Crippen LogP contribution in [-0.4, -0.2) is 0 Å². The van der Waals surface area contributed by atoms with Crippen LogP contribution in [0, 0.1) is 13.0 Å². The van der Waals surface area contributed by atoms with Gasteiger partial charge in [-0.2, -0.15) is 24.3 Å². The van der Waals surface area contributed by atoms with E-state index < -0.39 is 0 Å². The van der Waals surface area contributed by atoms with Gasteiger partial charge in [0.25, 0.3) is 0 Å². The average molecular weight is 195 g/mol. The predicted octanol–water partition coefficient (Wildman–Crippen LogP) is 1.37. The molecule has 1 aromatic carbocycles. The second-order valence-corrected chi connectivity index (χ2v) is 1.78. The number of nitrogen functional groups attached to an aromatic ring is 1. The van der Waals surface area contributed by atoms with Gasteiger partial charge >= 0.3 is 0 Å². The molecular formula is C7H8NY-. The van der Waals surface area contributed by atoms with Crippen molar-refractivity contribution in [3.8, 4) is 0 Å². The maximum absolute atomic E-state index is 5.49. The molecule has 1 nitrogen and oxygen atoms in total. The molecule has 0 bridgehead atoms. The van der Waals surface area contributed by atoms with Gasteiger partial charge in [-0.25, -0.2) is 0 Å². The topological polar surface area (TPSA) is 26.0 Å². The van der Waals surface area contributed by atoms with Crippen molar-refractivity contribution >= 4 is 5.69 Å². The summed E-state index contributed by atoms with van der Waals surface area (Å²) in [5.74, 6) is 0. The van der Waals surface area contributed by atoms with Crippen molar-refractivity contribution in [2.24, 2.45) is 0 Å². The summed E-state index contributed by atoms with van der Waals surface area (Å²) in [6, 6.07) is 8.44. The number of hydrogen-bond acceptors (Lipinski definition) is 1. The van der Waals surface area contributed by atoms with Crippen LogP contribution in [0.2, 0.25) is 0 Å². The fourth-order valence-corrected chi connectivity index (χ4v) is 0.521. The van der Waals surface area contributed by atoms with E-state index in [1.165, 1.54) is 0 Å². The Kier molecular flexibility index (Phi) is 4.08. The third-order valence-corrected chi connectivity index (χ3v) is 1.12. The van der Waals surface area contributed by atoms with E-state index in [-0.39, 0.29) is 32.7 Å². The number of rotatable bonds is 0. The van der Waals surface area contributed by atoms with E-state index in [1.54, 1.807) is 6.07 Å². The molecule has 0 fully saturated rings. The first-order valence-corrected chi connectivity index (χ1v) is 2.53. The number of hydrogen-bond donors (Lipinski definition) is 1. The van der Waals surface area contributed by atoms with Crippen molar-refractivity contribution in [1.82, 2.24) is 0 Å². The molecule has 0 atom stereocenters. The van der Waals surface area contributed by atoms with Crippen LogP contribution >= 0.6 is 0 Å². The van der Waals surface area contributed by atoms with Crippen molar-refractivity contribution in [3.05, 3.63) is 29.8 Å². The normalized spacial score (nSPS) is 8.11. The van der Waals surface area contributed by atoms with Gasteiger partial charge in [-0.15, -0.1) is 5.56 Å². The Morgan fingerprint density at radius 1 is 1.56 bits per heavy atom. The SMILES string of the molecule is Cc1cc[c-]cc1N.[Y]. The zero-order valence-corrected chi connectivity index (χ0v) is 8.23. The Hall–Kier alpha value is 0.124. The molecule has 1 aromatic rings. The first kappa shape index (κ1) is 9.12. The van der Waals surface area contributed by atoms with Crippen molar-refractivity contribution in [3.63, 3.8) is 0 Å². The summed E-state index contributed by atoms with van der Waals surface area (Å²) in [6.45, 7) is 1.98. The minimum atomic E-state index is 0. The molecule has 1 radical (unpaired) electrons. The van der Waals surface area contributed by atoms with E-state index >= 15 is 0 Å². The second-order valence-electron chi connectivity index (χ2n) is 1.78. The quantitative estimate of drug-likeness (QED) is 0.491. The molecule has 0 aromatic heterocycles. The van der Waals surface area contributed by atoms with Gasteiger partial charge in [0.2, 0.25) is 0 Å². The molecule has 2 N–H and O–H groups in total. The van der Waals surface area contributed by atoms with Crippen LogP contribution in [0.25, 0.3) is 0 Å². The van der Waals surface area contributed by atoms with E-state index in [2.05, 4.69) is 6.07 Å². The summed E-state index contributed by atoms with van der Waals surface area (Å²) < 4.78 is 0. The largest absolute Gasteiger partial charge is 0.449 e. The molecule has 0 amide bonds. The minimum Gasteiger partial charge on any atom is -0.449 e. The maximum Gasteiger partial charge on any atom is 0 e. The van der Waals surface area contributed by atoms with E-state index in [4.69, 9.17) is 5.73 Å². The van der Waals surface area contributed by atoms with Crippen molar-refractivity contribution in [2.75, 3.05) is 5.73 Å². The summed E-state index contributed by atoms with van der Waals surface area (Å²) in [5.41, 5.74) is 7.42. The zero-order valence-electron chi connectivity index (χ0n) is 5.39. The van der Waals surface area contributed by atoms with Crippen LogP contribution in [0.15, 0.2) is 18.2 Å². The minimum absolute atomic E-state index is 0. The molecular weight excluding hydrogens is 187 g/mol. The molecule has 0 aliphatic carbocycles. The number of nitrogens with two attached hydrogens (primary N) is 1. The Bertz CT molecular complexity index is 165.